The second-order valence-corrected chi connectivity index (χ2v) is 5.36. The van der Waals surface area contributed by atoms with Gasteiger partial charge in [0.2, 0.25) is 0 Å². The van der Waals surface area contributed by atoms with Crippen molar-refractivity contribution in [1.82, 2.24) is 0 Å². The van der Waals surface area contributed by atoms with E-state index >= 15 is 0 Å². The van der Waals surface area contributed by atoms with Crippen LogP contribution in [0.2, 0.25) is 5.02 Å². The minimum Gasteiger partial charge on any atom is -0.204 e. The van der Waals surface area contributed by atoms with Gasteiger partial charge in [-0.15, -0.1) is 11.6 Å². The van der Waals surface area contributed by atoms with Gasteiger partial charge < -0.3 is 0 Å². The van der Waals surface area contributed by atoms with E-state index < -0.39 is 17.0 Å². The molecule has 0 fully saturated rings. The summed E-state index contributed by atoms with van der Waals surface area (Å²) in [7, 11) is 0. The van der Waals surface area contributed by atoms with Crippen molar-refractivity contribution in [2.75, 3.05) is 0 Å². The van der Waals surface area contributed by atoms with Gasteiger partial charge >= 0.3 is 0 Å². The minimum atomic E-state index is -0.957. The zero-order chi connectivity index (χ0) is 11.8. The molecule has 1 atom stereocenters. The molecule has 1 aromatic carbocycles. The Balaban J connectivity index is 3.21. The number of rotatable bonds is 1. The van der Waals surface area contributed by atoms with E-state index in [1.165, 1.54) is 0 Å². The number of halogens is 4. The van der Waals surface area contributed by atoms with E-state index in [1.807, 2.05) is 20.8 Å². The number of hydrogen-bond donors (Lipinski definition) is 0. The van der Waals surface area contributed by atoms with Gasteiger partial charge in [-0.2, -0.15) is 0 Å². The molecule has 0 bridgehead atoms. The summed E-state index contributed by atoms with van der Waals surface area (Å²) in [4.78, 5) is 0. The van der Waals surface area contributed by atoms with Gasteiger partial charge in [0.05, 0.1) is 5.38 Å². The Morgan fingerprint density at radius 1 is 1.13 bits per heavy atom. The highest BCUT2D eigenvalue weighted by atomic mass is 35.5. The van der Waals surface area contributed by atoms with Crippen molar-refractivity contribution in [2.45, 2.75) is 26.1 Å². The Bertz CT molecular complexity index is 370. The predicted octanol–water partition coefficient (Wildman–Crippen LogP) is 4.94. The monoisotopic (exact) mass is 252 g/mol. The molecule has 0 aliphatic carbocycles. The van der Waals surface area contributed by atoms with E-state index in [4.69, 9.17) is 23.2 Å². The smallest absolute Gasteiger partial charge is 0.160 e. The normalized spacial score (nSPS) is 14.1. The third-order valence-corrected chi connectivity index (χ3v) is 3.29. The van der Waals surface area contributed by atoms with Crippen molar-refractivity contribution in [3.05, 3.63) is 34.4 Å². The van der Waals surface area contributed by atoms with E-state index in [0.717, 1.165) is 12.1 Å². The Morgan fingerprint density at radius 2 is 1.60 bits per heavy atom. The highest BCUT2D eigenvalue weighted by Crippen LogP contribution is 2.41. The van der Waals surface area contributed by atoms with Gasteiger partial charge in [-0.1, -0.05) is 32.4 Å². The maximum Gasteiger partial charge on any atom is 0.160 e. The standard InChI is InChI=1S/C11H12Cl2F2/c1-11(2,3)10(13)6-4-8(14)9(15)5-7(6)12/h4-5,10H,1-3H3. The van der Waals surface area contributed by atoms with Crippen molar-refractivity contribution >= 4 is 23.2 Å². The van der Waals surface area contributed by atoms with Crippen LogP contribution in [0.15, 0.2) is 12.1 Å². The fourth-order valence-electron chi connectivity index (χ4n) is 1.20. The maximum absolute atomic E-state index is 13.0. The van der Waals surface area contributed by atoms with Crippen LogP contribution < -0.4 is 0 Å². The molecule has 4 heteroatoms. The largest absolute Gasteiger partial charge is 0.204 e. The van der Waals surface area contributed by atoms with E-state index in [9.17, 15) is 8.78 Å². The first-order chi connectivity index (χ1) is 6.73. The molecule has 15 heavy (non-hydrogen) atoms. The first kappa shape index (κ1) is 12.7. The average molecular weight is 253 g/mol. The first-order valence-corrected chi connectivity index (χ1v) is 5.33. The van der Waals surface area contributed by atoms with Gasteiger partial charge in [0, 0.05) is 5.02 Å². The van der Waals surface area contributed by atoms with Crippen LogP contribution in [0.5, 0.6) is 0 Å². The van der Waals surface area contributed by atoms with Gasteiger partial charge in [-0.3, -0.25) is 0 Å². The molecule has 0 N–H and O–H groups in total. The molecule has 1 rings (SSSR count). The summed E-state index contributed by atoms with van der Waals surface area (Å²) in [6.45, 7) is 5.72. The summed E-state index contributed by atoms with van der Waals surface area (Å²) in [6, 6.07) is 2.01. The van der Waals surface area contributed by atoms with Crippen LogP contribution >= 0.6 is 23.2 Å². The lowest BCUT2D eigenvalue weighted by Crippen LogP contribution is -2.14. The van der Waals surface area contributed by atoms with Crippen LogP contribution in [0.3, 0.4) is 0 Å². The zero-order valence-electron chi connectivity index (χ0n) is 8.74. The van der Waals surface area contributed by atoms with Crippen molar-refractivity contribution in [2.24, 2.45) is 5.41 Å². The summed E-state index contributed by atoms with van der Waals surface area (Å²) >= 11 is 11.9. The van der Waals surface area contributed by atoms with Crippen LogP contribution in [0.25, 0.3) is 0 Å². The molecule has 0 aliphatic rings. The van der Waals surface area contributed by atoms with Crippen molar-refractivity contribution < 1.29 is 8.78 Å². The summed E-state index contributed by atoms with van der Waals surface area (Å²) in [5.74, 6) is -1.88. The molecule has 0 aliphatic heterocycles. The summed E-state index contributed by atoms with van der Waals surface area (Å²) < 4.78 is 25.8. The molecule has 0 spiro atoms. The lowest BCUT2D eigenvalue weighted by atomic mass is 9.87. The van der Waals surface area contributed by atoms with E-state index in [-0.39, 0.29) is 10.4 Å². The lowest BCUT2D eigenvalue weighted by Gasteiger charge is -2.26. The number of hydrogen-bond acceptors (Lipinski definition) is 0. The molecule has 1 unspecified atom stereocenters. The topological polar surface area (TPSA) is 0 Å². The molecule has 0 aromatic heterocycles. The Kier molecular flexibility index (Phi) is 3.62. The molecular formula is C11H12Cl2F2. The third kappa shape index (κ3) is 2.82. The first-order valence-electron chi connectivity index (χ1n) is 4.52. The molecule has 0 radical (unpaired) electrons. The molecule has 1 aromatic rings. The SMILES string of the molecule is CC(C)(C)C(Cl)c1cc(F)c(F)cc1Cl. The maximum atomic E-state index is 13.0. The van der Waals surface area contributed by atoms with E-state index in [1.54, 1.807) is 0 Å². The molecule has 0 amide bonds. The Labute approximate surface area is 98.2 Å². The molecule has 0 nitrogen and oxygen atoms in total. The molecule has 84 valence electrons. The Hall–Kier alpha value is -0.340. The lowest BCUT2D eigenvalue weighted by molar-refractivity contribution is 0.394. The molecule has 0 saturated heterocycles. The minimum absolute atomic E-state index is 0.156. The zero-order valence-corrected chi connectivity index (χ0v) is 10.3. The average Bonchev–Trinajstić information content (AvgIpc) is 2.08. The van der Waals surface area contributed by atoms with Gasteiger partial charge in [0.1, 0.15) is 0 Å². The Morgan fingerprint density at radius 3 is 2.07 bits per heavy atom. The fraction of sp³-hybridized carbons (Fsp3) is 0.455. The summed E-state index contributed by atoms with van der Waals surface area (Å²) in [6.07, 6.45) is 0. The summed E-state index contributed by atoms with van der Waals surface area (Å²) in [5.41, 5.74) is 0.153. The van der Waals surface area contributed by atoms with Crippen molar-refractivity contribution in [3.8, 4) is 0 Å². The third-order valence-electron chi connectivity index (χ3n) is 2.07. The number of benzene rings is 1. The van der Waals surface area contributed by atoms with Crippen LogP contribution in [0, 0.1) is 17.0 Å². The number of alkyl halides is 1. The highest BCUT2D eigenvalue weighted by Gasteiger charge is 2.26. The van der Waals surface area contributed by atoms with Gasteiger partial charge in [-0.05, 0) is 23.1 Å². The van der Waals surface area contributed by atoms with Crippen molar-refractivity contribution in [3.63, 3.8) is 0 Å². The van der Waals surface area contributed by atoms with Gasteiger partial charge in [0.15, 0.2) is 11.6 Å². The van der Waals surface area contributed by atoms with Gasteiger partial charge in [0.25, 0.3) is 0 Å². The van der Waals surface area contributed by atoms with Crippen LogP contribution in [0.4, 0.5) is 8.78 Å². The van der Waals surface area contributed by atoms with Crippen LogP contribution in [-0.4, -0.2) is 0 Å². The van der Waals surface area contributed by atoms with E-state index in [2.05, 4.69) is 0 Å². The van der Waals surface area contributed by atoms with Crippen molar-refractivity contribution in [1.29, 1.82) is 0 Å². The van der Waals surface area contributed by atoms with Gasteiger partial charge in [-0.25, -0.2) is 8.78 Å². The highest BCUT2D eigenvalue weighted by molar-refractivity contribution is 6.32. The second kappa shape index (κ2) is 4.26. The predicted molar refractivity (Wildman–Crippen MR) is 59.4 cm³/mol. The molecular weight excluding hydrogens is 241 g/mol. The van der Waals surface area contributed by atoms with Crippen LogP contribution in [-0.2, 0) is 0 Å². The fourth-order valence-corrected chi connectivity index (χ4v) is 1.69. The van der Waals surface area contributed by atoms with E-state index in [0.29, 0.717) is 5.56 Å². The quantitative estimate of drug-likeness (QED) is 0.491. The van der Waals surface area contributed by atoms with Crippen LogP contribution in [0.1, 0.15) is 31.7 Å². The second-order valence-electron chi connectivity index (χ2n) is 4.52. The summed E-state index contributed by atoms with van der Waals surface area (Å²) in [5, 5.41) is -0.302. The molecule has 0 heterocycles. The molecule has 0 saturated carbocycles.